The molecule has 298 valence electrons. The SMILES string of the molecule is Cc1ccc(O)cc1CCC1CC(=O)CC2(C)C1CC[C@]2(O)C(=O)CN1CCN(c2cc(N3CCCC3)nc(N3CCCC3)n2)CC1.O=C(O)/C=C/C(=O)O. The monoisotopic (exact) mass is 760 g/mol. The number of phenols is 1. The molecule has 1 aromatic heterocycles. The van der Waals surface area contributed by atoms with E-state index in [0.29, 0.717) is 25.0 Å². The Kier molecular flexibility index (Phi) is 12.4. The summed E-state index contributed by atoms with van der Waals surface area (Å²) in [5.74, 6) is 0.823. The van der Waals surface area contributed by atoms with Gasteiger partial charge in [-0.05, 0) is 93.4 Å². The van der Waals surface area contributed by atoms with Crippen LogP contribution in [0.3, 0.4) is 0 Å². The number of fused-ring (bicyclic) bond motifs is 1. The number of carbonyl (C=O) groups excluding carboxylic acids is 2. The van der Waals surface area contributed by atoms with Gasteiger partial charge in [0.05, 0.1) is 6.54 Å². The van der Waals surface area contributed by atoms with Crippen LogP contribution < -0.4 is 14.7 Å². The van der Waals surface area contributed by atoms with Gasteiger partial charge < -0.3 is 35.1 Å². The molecule has 0 bridgehead atoms. The number of piperazine rings is 1. The number of aliphatic carboxylic acids is 2. The lowest BCUT2D eigenvalue weighted by Crippen LogP contribution is -2.58. The number of hydrogen-bond acceptors (Lipinski definition) is 12. The van der Waals surface area contributed by atoms with Crippen LogP contribution in [0.4, 0.5) is 17.6 Å². The Morgan fingerprint density at radius 2 is 1.44 bits per heavy atom. The molecule has 0 radical (unpaired) electrons. The molecule has 2 aromatic rings. The molecule has 14 nitrogen and oxygen atoms in total. The number of anilines is 3. The molecule has 1 aromatic carbocycles. The molecule has 4 heterocycles. The first kappa shape index (κ1) is 40.1. The molecule has 55 heavy (non-hydrogen) atoms. The van der Waals surface area contributed by atoms with Crippen molar-refractivity contribution in [3.63, 3.8) is 0 Å². The molecule has 3 aliphatic heterocycles. The summed E-state index contributed by atoms with van der Waals surface area (Å²) in [5, 5.41) is 37.8. The second kappa shape index (κ2) is 17.1. The molecule has 3 saturated heterocycles. The van der Waals surface area contributed by atoms with Gasteiger partial charge in [-0.1, -0.05) is 13.0 Å². The van der Waals surface area contributed by atoms with Gasteiger partial charge in [-0.3, -0.25) is 14.5 Å². The number of rotatable bonds is 11. The second-order valence-electron chi connectivity index (χ2n) is 16.2. The Morgan fingerprint density at radius 1 is 0.855 bits per heavy atom. The van der Waals surface area contributed by atoms with Crippen LogP contribution in [0.25, 0.3) is 0 Å². The van der Waals surface area contributed by atoms with E-state index in [1.807, 2.05) is 26.0 Å². The largest absolute Gasteiger partial charge is 0.508 e. The lowest BCUT2D eigenvalue weighted by molar-refractivity contribution is -0.160. The summed E-state index contributed by atoms with van der Waals surface area (Å²) in [6.45, 7) is 11.3. The first-order valence-electron chi connectivity index (χ1n) is 19.8. The molecule has 2 saturated carbocycles. The molecule has 4 N–H and O–H groups in total. The fourth-order valence-electron chi connectivity index (χ4n) is 9.60. The number of carboxylic acids is 2. The number of benzene rings is 1. The minimum absolute atomic E-state index is 0.121. The molecule has 5 aliphatic rings. The van der Waals surface area contributed by atoms with Gasteiger partial charge in [0.25, 0.3) is 0 Å². The van der Waals surface area contributed by atoms with Gasteiger partial charge >= 0.3 is 11.9 Å². The van der Waals surface area contributed by atoms with Crippen molar-refractivity contribution in [1.82, 2.24) is 14.9 Å². The molecule has 4 atom stereocenters. The van der Waals surface area contributed by atoms with E-state index in [1.165, 1.54) is 25.7 Å². The summed E-state index contributed by atoms with van der Waals surface area (Å²) in [7, 11) is 0. The zero-order chi connectivity index (χ0) is 39.3. The number of carbonyl (C=O) groups is 4. The van der Waals surface area contributed by atoms with Gasteiger partial charge in [-0.2, -0.15) is 9.97 Å². The van der Waals surface area contributed by atoms with E-state index in [-0.39, 0.29) is 42.1 Å². The predicted molar refractivity (Wildman–Crippen MR) is 208 cm³/mol. The zero-order valence-corrected chi connectivity index (χ0v) is 32.2. The maximum atomic E-state index is 14.0. The third-order valence-electron chi connectivity index (χ3n) is 12.7. The Balaban J connectivity index is 0.000000581. The van der Waals surface area contributed by atoms with Gasteiger partial charge in [-0.15, -0.1) is 0 Å². The highest BCUT2D eigenvalue weighted by Gasteiger charge is 2.63. The van der Waals surface area contributed by atoms with Gasteiger partial charge in [0.2, 0.25) is 5.95 Å². The Morgan fingerprint density at radius 3 is 2.04 bits per heavy atom. The number of aromatic hydroxyl groups is 1. The number of Topliss-reactive ketones (excluding diaryl/α,β-unsaturated/α-hetero) is 2. The van der Waals surface area contributed by atoms with Crippen molar-refractivity contribution in [1.29, 1.82) is 0 Å². The number of hydrogen-bond donors (Lipinski definition) is 4. The number of nitrogens with zero attached hydrogens (tertiary/aromatic N) is 6. The van der Waals surface area contributed by atoms with Crippen LogP contribution in [0, 0.1) is 24.2 Å². The summed E-state index contributed by atoms with van der Waals surface area (Å²) in [5.41, 5.74) is -0.0237. The minimum Gasteiger partial charge on any atom is -0.508 e. The van der Waals surface area contributed by atoms with Crippen LogP contribution in [0.5, 0.6) is 5.75 Å². The van der Waals surface area contributed by atoms with Crippen LogP contribution in [0.2, 0.25) is 0 Å². The second-order valence-corrected chi connectivity index (χ2v) is 16.2. The third-order valence-corrected chi connectivity index (χ3v) is 12.7. The first-order valence-corrected chi connectivity index (χ1v) is 19.8. The summed E-state index contributed by atoms with van der Waals surface area (Å²) in [6.07, 6.45) is 9.40. The van der Waals surface area contributed by atoms with Crippen molar-refractivity contribution in [3.8, 4) is 5.75 Å². The summed E-state index contributed by atoms with van der Waals surface area (Å²) in [6, 6.07) is 7.59. The average molecular weight is 761 g/mol. The molecular weight excluding hydrogens is 704 g/mol. The van der Waals surface area contributed by atoms with Crippen LogP contribution in [0.1, 0.15) is 75.8 Å². The lowest BCUT2D eigenvalue weighted by atomic mass is 9.57. The number of phenolic OH excluding ortho intramolecular Hbond substituents is 1. The van der Waals surface area contributed by atoms with Crippen molar-refractivity contribution in [2.45, 2.75) is 83.7 Å². The first-order chi connectivity index (χ1) is 26.3. The molecule has 7 rings (SSSR count). The summed E-state index contributed by atoms with van der Waals surface area (Å²) < 4.78 is 0. The van der Waals surface area contributed by atoms with E-state index in [9.17, 15) is 29.4 Å². The molecule has 0 amide bonds. The van der Waals surface area contributed by atoms with Crippen LogP contribution in [0.15, 0.2) is 36.4 Å². The van der Waals surface area contributed by atoms with E-state index in [0.717, 1.165) is 100 Å². The normalized spacial score (nSPS) is 27.0. The fraction of sp³-hybridized carbons (Fsp3) is 0.610. The van der Waals surface area contributed by atoms with Gasteiger partial charge in [-0.25, -0.2) is 9.59 Å². The Hall–Kier alpha value is -4.56. The van der Waals surface area contributed by atoms with E-state index in [1.54, 1.807) is 6.07 Å². The highest BCUT2D eigenvalue weighted by Crippen LogP contribution is 2.59. The quantitative estimate of drug-likeness (QED) is 0.242. The van der Waals surface area contributed by atoms with Crippen LogP contribution in [-0.4, -0.2) is 123 Å². The Labute approximate surface area is 322 Å². The van der Waals surface area contributed by atoms with Crippen molar-refractivity contribution < 1.29 is 39.6 Å². The van der Waals surface area contributed by atoms with Gasteiger partial charge in [0.1, 0.15) is 28.8 Å². The maximum absolute atomic E-state index is 14.0. The van der Waals surface area contributed by atoms with E-state index in [2.05, 4.69) is 25.7 Å². The molecule has 14 heteroatoms. The van der Waals surface area contributed by atoms with E-state index in [4.69, 9.17) is 20.2 Å². The maximum Gasteiger partial charge on any atom is 0.328 e. The van der Waals surface area contributed by atoms with Gasteiger partial charge in [0.15, 0.2) is 5.78 Å². The van der Waals surface area contributed by atoms with Crippen molar-refractivity contribution in [2.75, 3.05) is 73.6 Å². The van der Waals surface area contributed by atoms with E-state index < -0.39 is 23.0 Å². The topological polar surface area (TPSA) is 188 Å². The van der Waals surface area contributed by atoms with Crippen molar-refractivity contribution >= 4 is 41.1 Å². The van der Waals surface area contributed by atoms with Crippen molar-refractivity contribution in [2.24, 2.45) is 17.3 Å². The van der Waals surface area contributed by atoms with Gasteiger partial charge in [0, 0.05) is 88.8 Å². The number of ketones is 2. The minimum atomic E-state index is -1.49. The highest BCUT2D eigenvalue weighted by atomic mass is 16.4. The van der Waals surface area contributed by atoms with Crippen molar-refractivity contribution in [3.05, 3.63) is 47.5 Å². The lowest BCUT2D eigenvalue weighted by Gasteiger charge is -2.48. The molecule has 5 fully saturated rings. The molecular formula is C41H56N6O8. The summed E-state index contributed by atoms with van der Waals surface area (Å²) >= 11 is 0. The Bertz CT molecular complexity index is 1720. The number of carboxylic acid groups (broad SMARTS) is 2. The number of aliphatic hydroxyl groups is 1. The fourth-order valence-corrected chi connectivity index (χ4v) is 9.60. The standard InChI is InChI=1S/C37H52N6O4.C4H4O4/c1-26-7-10-29(44)21-27(26)8-9-28-22-30(45)24-36(2)31(28)11-12-37(36,47)32(46)25-40-17-19-42(20-18-40)34-23-33(41-13-3-4-14-41)38-35(39-34)43-15-5-6-16-43;5-3(6)1-2-4(7)8/h7,10,21,23,28,31,44,47H,3-6,8-9,11-20,22,24-25H2,1-2H3;1-2H,(H,5,6)(H,7,8)/b;2-1+/t28?,31?,36?,37-;/m0./s1. The number of aryl methyl sites for hydroxylation is 2. The zero-order valence-electron chi connectivity index (χ0n) is 32.2. The molecule has 3 unspecified atom stereocenters. The molecule has 2 aliphatic carbocycles. The van der Waals surface area contributed by atoms with E-state index >= 15 is 0 Å². The smallest absolute Gasteiger partial charge is 0.328 e. The number of aromatic nitrogens is 2. The molecule has 0 spiro atoms. The summed E-state index contributed by atoms with van der Waals surface area (Å²) in [4.78, 5) is 65.5. The average Bonchev–Trinajstić information content (AvgIpc) is 3.94. The third kappa shape index (κ3) is 9.12. The highest BCUT2D eigenvalue weighted by molar-refractivity contribution is 5.92. The van der Waals surface area contributed by atoms with Crippen LogP contribution >= 0.6 is 0 Å². The van der Waals surface area contributed by atoms with Crippen LogP contribution in [-0.2, 0) is 25.6 Å². The predicted octanol–water partition coefficient (Wildman–Crippen LogP) is 3.85.